The molecule has 5 nitrogen and oxygen atoms in total. The summed E-state index contributed by atoms with van der Waals surface area (Å²) in [6, 6.07) is 18.3. The van der Waals surface area contributed by atoms with E-state index in [1.165, 1.54) is 0 Å². The normalized spacial score (nSPS) is 11.0. The van der Waals surface area contributed by atoms with Gasteiger partial charge in [-0.1, -0.05) is 6.07 Å². The van der Waals surface area contributed by atoms with Gasteiger partial charge in [0.1, 0.15) is 5.75 Å². The Bertz CT molecular complexity index is 924. The summed E-state index contributed by atoms with van der Waals surface area (Å²) in [7, 11) is 1.64. The molecule has 0 aliphatic carbocycles. The molecule has 1 N–H and O–H groups in total. The molecule has 2 aromatic carbocycles. The Morgan fingerprint density at radius 2 is 1.88 bits per heavy atom. The number of hydrogen-bond acceptors (Lipinski definition) is 3. The molecule has 0 saturated heterocycles. The van der Waals surface area contributed by atoms with Gasteiger partial charge in [0, 0.05) is 11.4 Å². The fourth-order valence-corrected chi connectivity index (χ4v) is 2.60. The van der Waals surface area contributed by atoms with Gasteiger partial charge >= 0.3 is 5.97 Å². The van der Waals surface area contributed by atoms with Crippen LogP contribution in [0.4, 0.5) is 5.69 Å². The highest BCUT2D eigenvalue weighted by Crippen LogP contribution is 2.20. The molecule has 0 radical (unpaired) electrons. The van der Waals surface area contributed by atoms with Crippen LogP contribution >= 0.6 is 0 Å². The molecule has 0 fully saturated rings. The Balaban J connectivity index is 1.93. The molecule has 0 aliphatic heterocycles. The lowest BCUT2D eigenvalue weighted by molar-refractivity contribution is 0.0697. The van der Waals surface area contributed by atoms with Crippen LogP contribution in [0.3, 0.4) is 0 Å². The van der Waals surface area contributed by atoms with Crippen molar-refractivity contribution >= 4 is 17.9 Å². The van der Waals surface area contributed by atoms with Gasteiger partial charge in [-0.25, -0.2) is 4.79 Å². The number of aromatic carboxylic acids is 1. The third-order valence-corrected chi connectivity index (χ3v) is 3.88. The highest BCUT2D eigenvalue weighted by molar-refractivity contribution is 5.89. The molecule has 0 amide bonds. The Hall–Kier alpha value is -3.34. The average Bonchev–Trinajstić information content (AvgIpc) is 3.01. The van der Waals surface area contributed by atoms with Crippen molar-refractivity contribution in [2.24, 2.45) is 4.99 Å². The van der Waals surface area contributed by atoms with Crippen molar-refractivity contribution in [3.63, 3.8) is 0 Å². The molecular formula is C20H18N2O3. The van der Waals surface area contributed by atoms with Crippen molar-refractivity contribution < 1.29 is 14.6 Å². The second-order valence-corrected chi connectivity index (χ2v) is 5.55. The second-order valence-electron chi connectivity index (χ2n) is 5.55. The van der Waals surface area contributed by atoms with E-state index in [2.05, 4.69) is 9.56 Å². The van der Waals surface area contributed by atoms with E-state index >= 15 is 0 Å². The second kappa shape index (κ2) is 7.05. The number of methoxy groups -OCH3 is 1. The summed E-state index contributed by atoms with van der Waals surface area (Å²) < 4.78 is 7.27. The average molecular weight is 334 g/mol. The SMILES string of the molecule is COc1ccc(-n2c(C)ccc2C=Nc2cccc(C(=O)O)c2)cc1. The molecule has 126 valence electrons. The van der Waals surface area contributed by atoms with Crippen molar-refractivity contribution in [1.82, 2.24) is 4.57 Å². The summed E-state index contributed by atoms with van der Waals surface area (Å²) >= 11 is 0. The van der Waals surface area contributed by atoms with Crippen LogP contribution in [0.2, 0.25) is 0 Å². The molecule has 0 atom stereocenters. The number of nitrogens with zero attached hydrogens (tertiary/aromatic N) is 2. The molecule has 3 aromatic rings. The predicted molar refractivity (Wildman–Crippen MR) is 97.7 cm³/mol. The van der Waals surface area contributed by atoms with Gasteiger partial charge in [0.15, 0.2) is 0 Å². The molecule has 0 saturated carbocycles. The largest absolute Gasteiger partial charge is 0.497 e. The van der Waals surface area contributed by atoms with Gasteiger partial charge in [-0.3, -0.25) is 4.99 Å². The number of benzene rings is 2. The summed E-state index contributed by atoms with van der Waals surface area (Å²) in [6.07, 6.45) is 1.73. The minimum atomic E-state index is -0.963. The highest BCUT2D eigenvalue weighted by atomic mass is 16.5. The van der Waals surface area contributed by atoms with Gasteiger partial charge in [-0.05, 0) is 61.5 Å². The van der Waals surface area contributed by atoms with Crippen LogP contribution < -0.4 is 4.74 Å². The lowest BCUT2D eigenvalue weighted by Gasteiger charge is -2.10. The Morgan fingerprint density at radius 3 is 2.56 bits per heavy atom. The molecule has 5 heteroatoms. The molecule has 1 heterocycles. The summed E-state index contributed by atoms with van der Waals surface area (Å²) in [5.41, 5.74) is 3.80. The molecule has 0 bridgehead atoms. The number of ether oxygens (including phenoxy) is 1. The number of carbonyl (C=O) groups is 1. The van der Waals surface area contributed by atoms with Gasteiger partial charge in [-0.15, -0.1) is 0 Å². The zero-order valence-corrected chi connectivity index (χ0v) is 14.0. The standard InChI is InChI=1S/C20H18N2O3/c1-14-6-7-18(22(14)17-8-10-19(25-2)11-9-17)13-21-16-5-3-4-15(12-16)20(23)24/h3-13H,1-2H3,(H,23,24). The van der Waals surface area contributed by atoms with E-state index in [9.17, 15) is 4.79 Å². The van der Waals surface area contributed by atoms with Gasteiger partial charge < -0.3 is 14.4 Å². The van der Waals surface area contributed by atoms with Crippen molar-refractivity contribution in [3.05, 3.63) is 77.6 Å². The smallest absolute Gasteiger partial charge is 0.335 e. The number of carboxylic acid groups (broad SMARTS) is 1. The summed E-state index contributed by atoms with van der Waals surface area (Å²) in [6.45, 7) is 2.02. The van der Waals surface area contributed by atoms with Gasteiger partial charge in [0.25, 0.3) is 0 Å². The molecular weight excluding hydrogens is 316 g/mol. The van der Waals surface area contributed by atoms with Crippen LogP contribution in [0.1, 0.15) is 21.7 Å². The lowest BCUT2D eigenvalue weighted by Crippen LogP contribution is -2.01. The molecule has 3 rings (SSSR count). The lowest BCUT2D eigenvalue weighted by atomic mass is 10.2. The van der Waals surface area contributed by atoms with Crippen LogP contribution in [0.25, 0.3) is 5.69 Å². The van der Waals surface area contributed by atoms with Gasteiger partial charge in [0.2, 0.25) is 0 Å². The number of carboxylic acids is 1. The van der Waals surface area contributed by atoms with Gasteiger partial charge in [-0.2, -0.15) is 0 Å². The van der Waals surface area contributed by atoms with Crippen LogP contribution in [0, 0.1) is 6.92 Å². The third-order valence-electron chi connectivity index (χ3n) is 3.88. The topological polar surface area (TPSA) is 63.8 Å². The number of aliphatic imine (C=N–C) groups is 1. The van der Waals surface area contributed by atoms with Crippen molar-refractivity contribution in [3.8, 4) is 11.4 Å². The maximum absolute atomic E-state index is 11.1. The van der Waals surface area contributed by atoms with Crippen LogP contribution in [0.15, 0.2) is 65.7 Å². The Labute approximate surface area is 145 Å². The van der Waals surface area contributed by atoms with Crippen LogP contribution in [-0.2, 0) is 0 Å². The molecule has 1 aromatic heterocycles. The molecule has 25 heavy (non-hydrogen) atoms. The zero-order valence-electron chi connectivity index (χ0n) is 14.0. The Kier molecular flexibility index (Phi) is 4.66. The minimum Gasteiger partial charge on any atom is -0.497 e. The summed E-state index contributed by atoms with van der Waals surface area (Å²) in [5, 5.41) is 9.07. The van der Waals surface area contributed by atoms with E-state index in [4.69, 9.17) is 9.84 Å². The third kappa shape index (κ3) is 3.61. The number of aryl methyl sites for hydroxylation is 1. The number of aromatic nitrogens is 1. The number of rotatable bonds is 5. The first-order valence-electron chi connectivity index (χ1n) is 7.78. The van der Waals surface area contributed by atoms with E-state index in [0.717, 1.165) is 22.8 Å². The van der Waals surface area contributed by atoms with Crippen LogP contribution in [-0.4, -0.2) is 29.0 Å². The molecule has 0 unspecified atom stereocenters. The predicted octanol–water partition coefficient (Wildman–Crippen LogP) is 4.24. The molecule has 0 spiro atoms. The summed E-state index contributed by atoms with van der Waals surface area (Å²) in [4.78, 5) is 15.5. The first-order valence-corrected chi connectivity index (χ1v) is 7.78. The zero-order chi connectivity index (χ0) is 17.8. The first-order chi connectivity index (χ1) is 12.1. The summed E-state index contributed by atoms with van der Waals surface area (Å²) in [5.74, 6) is -0.163. The quantitative estimate of drug-likeness (QED) is 0.710. The van der Waals surface area contributed by atoms with Crippen molar-refractivity contribution in [1.29, 1.82) is 0 Å². The fraction of sp³-hybridized carbons (Fsp3) is 0.100. The Morgan fingerprint density at radius 1 is 1.12 bits per heavy atom. The van der Waals surface area contributed by atoms with E-state index in [1.807, 2.05) is 43.3 Å². The maximum atomic E-state index is 11.1. The van der Waals surface area contributed by atoms with Crippen molar-refractivity contribution in [2.75, 3.05) is 7.11 Å². The number of hydrogen-bond donors (Lipinski definition) is 1. The van der Waals surface area contributed by atoms with E-state index < -0.39 is 5.97 Å². The highest BCUT2D eigenvalue weighted by Gasteiger charge is 2.07. The maximum Gasteiger partial charge on any atom is 0.335 e. The van der Waals surface area contributed by atoms with E-state index in [-0.39, 0.29) is 5.56 Å². The molecule has 0 aliphatic rings. The monoisotopic (exact) mass is 334 g/mol. The van der Waals surface area contributed by atoms with E-state index in [0.29, 0.717) is 5.69 Å². The fourth-order valence-electron chi connectivity index (χ4n) is 2.60. The van der Waals surface area contributed by atoms with Crippen molar-refractivity contribution in [2.45, 2.75) is 6.92 Å². The first kappa shape index (κ1) is 16.5. The van der Waals surface area contributed by atoms with Gasteiger partial charge in [0.05, 0.1) is 30.3 Å². The van der Waals surface area contributed by atoms with Crippen LogP contribution in [0.5, 0.6) is 5.75 Å². The minimum absolute atomic E-state index is 0.219. The van der Waals surface area contributed by atoms with E-state index in [1.54, 1.807) is 37.6 Å².